The Hall–Kier alpha value is -1.84. The maximum Gasteiger partial charge on any atom is 0.335 e. The molecule has 2 aromatic rings. The van der Waals surface area contributed by atoms with Crippen LogP contribution in [0.1, 0.15) is 48.4 Å². The molecule has 0 bridgehead atoms. The number of aryl methyl sites for hydroxylation is 1. The maximum atomic E-state index is 11.0. The maximum absolute atomic E-state index is 11.0. The minimum absolute atomic E-state index is 0.304. The van der Waals surface area contributed by atoms with Crippen LogP contribution < -0.4 is 0 Å². The zero-order chi connectivity index (χ0) is 13.6. The van der Waals surface area contributed by atoms with E-state index in [1.807, 2.05) is 13.0 Å². The molecule has 1 aromatic carbocycles. The normalized spacial score (nSPS) is 21.8. The molecule has 0 amide bonds. The van der Waals surface area contributed by atoms with Gasteiger partial charge in [-0.15, -0.1) is 0 Å². The highest BCUT2D eigenvalue weighted by Crippen LogP contribution is 2.48. The highest BCUT2D eigenvalue weighted by atomic mass is 16.4. The predicted molar refractivity (Wildman–Crippen MR) is 73.5 cm³/mol. The Morgan fingerprint density at radius 1 is 1.53 bits per heavy atom. The fourth-order valence-electron chi connectivity index (χ4n) is 3.00. The van der Waals surface area contributed by atoms with Crippen molar-refractivity contribution in [2.75, 3.05) is 0 Å². The van der Waals surface area contributed by atoms with Crippen molar-refractivity contribution in [2.45, 2.75) is 39.2 Å². The Morgan fingerprint density at radius 2 is 2.32 bits per heavy atom. The van der Waals surface area contributed by atoms with E-state index in [0.717, 1.165) is 22.8 Å². The molecule has 1 heterocycles. The Labute approximate surface area is 112 Å². The van der Waals surface area contributed by atoms with E-state index < -0.39 is 5.97 Å². The van der Waals surface area contributed by atoms with E-state index in [-0.39, 0.29) is 0 Å². The van der Waals surface area contributed by atoms with Crippen LogP contribution in [0.5, 0.6) is 0 Å². The van der Waals surface area contributed by atoms with E-state index in [2.05, 4.69) is 16.5 Å². The monoisotopic (exact) mass is 258 g/mol. The van der Waals surface area contributed by atoms with Crippen molar-refractivity contribution in [3.63, 3.8) is 0 Å². The van der Waals surface area contributed by atoms with E-state index in [1.165, 1.54) is 19.3 Å². The second-order valence-electron chi connectivity index (χ2n) is 5.39. The van der Waals surface area contributed by atoms with Gasteiger partial charge in [0.15, 0.2) is 0 Å². The second kappa shape index (κ2) is 4.37. The smallest absolute Gasteiger partial charge is 0.335 e. The molecule has 0 saturated heterocycles. The van der Waals surface area contributed by atoms with Gasteiger partial charge in [0.25, 0.3) is 0 Å². The van der Waals surface area contributed by atoms with Gasteiger partial charge in [-0.25, -0.2) is 9.78 Å². The molecule has 100 valence electrons. The number of carboxylic acids is 1. The Bertz CT molecular complexity index is 645. The van der Waals surface area contributed by atoms with E-state index in [4.69, 9.17) is 5.11 Å². The highest BCUT2D eigenvalue weighted by Gasteiger charge is 2.39. The summed E-state index contributed by atoms with van der Waals surface area (Å²) in [5.74, 6) is 0.853. The van der Waals surface area contributed by atoms with Gasteiger partial charge in [0.2, 0.25) is 0 Å². The molecule has 19 heavy (non-hydrogen) atoms. The fraction of sp³-hybridized carbons (Fsp3) is 0.467. The topological polar surface area (TPSA) is 55.1 Å². The van der Waals surface area contributed by atoms with Crippen LogP contribution >= 0.6 is 0 Å². The number of imidazole rings is 1. The zero-order valence-electron chi connectivity index (χ0n) is 11.3. The molecule has 4 nitrogen and oxygen atoms in total. The first-order chi connectivity index (χ1) is 9.11. The standard InChI is InChI=1S/C15H18N2O2/c1-3-4-10-8-14(10)17-9(2)16-12-7-11(15(18)19)5-6-13(12)17/h5-7,10,14H,3-4,8H2,1-2H3,(H,18,19). The van der Waals surface area contributed by atoms with Crippen molar-refractivity contribution in [1.82, 2.24) is 9.55 Å². The van der Waals surface area contributed by atoms with Crippen molar-refractivity contribution in [3.05, 3.63) is 29.6 Å². The first-order valence-electron chi connectivity index (χ1n) is 6.83. The van der Waals surface area contributed by atoms with Gasteiger partial charge in [0.05, 0.1) is 16.6 Å². The summed E-state index contributed by atoms with van der Waals surface area (Å²) >= 11 is 0. The number of fused-ring (bicyclic) bond motifs is 1. The quantitative estimate of drug-likeness (QED) is 0.914. The average molecular weight is 258 g/mol. The molecule has 1 aliphatic carbocycles. The van der Waals surface area contributed by atoms with Gasteiger partial charge in [-0.1, -0.05) is 13.3 Å². The summed E-state index contributed by atoms with van der Waals surface area (Å²) in [6.07, 6.45) is 3.70. The van der Waals surface area contributed by atoms with Gasteiger partial charge in [-0.2, -0.15) is 0 Å². The van der Waals surface area contributed by atoms with E-state index in [9.17, 15) is 4.79 Å². The largest absolute Gasteiger partial charge is 0.478 e. The van der Waals surface area contributed by atoms with Crippen LogP contribution in [0.2, 0.25) is 0 Å². The summed E-state index contributed by atoms with van der Waals surface area (Å²) in [4.78, 5) is 15.5. The fourth-order valence-corrected chi connectivity index (χ4v) is 3.00. The molecule has 0 radical (unpaired) electrons. The lowest BCUT2D eigenvalue weighted by Crippen LogP contribution is -2.00. The minimum Gasteiger partial charge on any atom is -0.478 e. The molecule has 2 atom stereocenters. The molecule has 2 unspecified atom stereocenters. The van der Waals surface area contributed by atoms with Crippen LogP contribution in [0, 0.1) is 12.8 Å². The third-order valence-corrected chi connectivity index (χ3v) is 3.99. The second-order valence-corrected chi connectivity index (χ2v) is 5.39. The summed E-state index contributed by atoms with van der Waals surface area (Å²) in [7, 11) is 0. The van der Waals surface area contributed by atoms with Gasteiger partial charge < -0.3 is 9.67 Å². The average Bonchev–Trinajstić information content (AvgIpc) is 3.02. The first kappa shape index (κ1) is 12.2. The number of carbonyl (C=O) groups is 1. The van der Waals surface area contributed by atoms with Crippen molar-refractivity contribution >= 4 is 17.0 Å². The molecule has 1 fully saturated rings. The molecule has 4 heteroatoms. The van der Waals surface area contributed by atoms with Gasteiger partial charge in [0, 0.05) is 6.04 Å². The number of aromatic carboxylic acids is 1. The van der Waals surface area contributed by atoms with Crippen LogP contribution in [-0.2, 0) is 0 Å². The van der Waals surface area contributed by atoms with E-state index in [0.29, 0.717) is 11.6 Å². The van der Waals surface area contributed by atoms with Gasteiger partial charge >= 0.3 is 5.97 Å². The van der Waals surface area contributed by atoms with Crippen molar-refractivity contribution in [2.24, 2.45) is 5.92 Å². The molecular formula is C15H18N2O2. The van der Waals surface area contributed by atoms with Crippen LogP contribution in [0.15, 0.2) is 18.2 Å². The Balaban J connectivity index is 2.02. The Kier molecular flexibility index (Phi) is 2.81. The van der Waals surface area contributed by atoms with Crippen molar-refractivity contribution in [3.8, 4) is 0 Å². The number of rotatable bonds is 4. The van der Waals surface area contributed by atoms with Crippen LogP contribution in [0.25, 0.3) is 11.0 Å². The number of benzene rings is 1. The third-order valence-electron chi connectivity index (χ3n) is 3.99. The molecule has 3 rings (SSSR count). The van der Waals surface area contributed by atoms with Crippen LogP contribution in [0.4, 0.5) is 0 Å². The van der Waals surface area contributed by atoms with Crippen LogP contribution in [-0.4, -0.2) is 20.6 Å². The molecular weight excluding hydrogens is 240 g/mol. The van der Waals surface area contributed by atoms with Crippen molar-refractivity contribution in [1.29, 1.82) is 0 Å². The lowest BCUT2D eigenvalue weighted by Gasteiger charge is -2.06. The molecule has 1 aromatic heterocycles. The SMILES string of the molecule is CCCC1CC1n1c(C)nc2cc(C(=O)O)ccc21. The number of aromatic nitrogens is 2. The summed E-state index contributed by atoms with van der Waals surface area (Å²) in [6.45, 7) is 4.22. The summed E-state index contributed by atoms with van der Waals surface area (Å²) < 4.78 is 2.28. The zero-order valence-corrected chi connectivity index (χ0v) is 11.3. The summed E-state index contributed by atoms with van der Waals surface area (Å²) in [5.41, 5.74) is 2.16. The lowest BCUT2D eigenvalue weighted by atomic mass is 10.2. The van der Waals surface area contributed by atoms with Crippen molar-refractivity contribution < 1.29 is 9.90 Å². The van der Waals surface area contributed by atoms with E-state index in [1.54, 1.807) is 12.1 Å². The Morgan fingerprint density at radius 3 is 3.00 bits per heavy atom. The number of carboxylic acid groups (broad SMARTS) is 1. The van der Waals surface area contributed by atoms with Gasteiger partial charge in [-0.05, 0) is 43.9 Å². The molecule has 0 aliphatic heterocycles. The summed E-state index contributed by atoms with van der Waals surface area (Å²) in [5, 5.41) is 9.02. The molecule has 0 spiro atoms. The van der Waals surface area contributed by atoms with E-state index >= 15 is 0 Å². The first-order valence-corrected chi connectivity index (χ1v) is 6.83. The number of nitrogens with zero attached hydrogens (tertiary/aromatic N) is 2. The van der Waals surface area contributed by atoms with Crippen LogP contribution in [0.3, 0.4) is 0 Å². The van der Waals surface area contributed by atoms with Gasteiger partial charge in [0.1, 0.15) is 5.82 Å². The lowest BCUT2D eigenvalue weighted by molar-refractivity contribution is 0.0697. The van der Waals surface area contributed by atoms with Gasteiger partial charge in [-0.3, -0.25) is 0 Å². The molecule has 1 saturated carbocycles. The highest BCUT2D eigenvalue weighted by molar-refractivity contribution is 5.92. The molecule has 1 N–H and O–H groups in total. The summed E-state index contributed by atoms with van der Waals surface area (Å²) in [6, 6.07) is 5.78. The third kappa shape index (κ3) is 2.01. The number of hydrogen-bond acceptors (Lipinski definition) is 2. The predicted octanol–water partition coefficient (Wildman–Crippen LogP) is 3.40. The minimum atomic E-state index is -0.899. The number of hydrogen-bond donors (Lipinski definition) is 1. The molecule has 1 aliphatic rings.